The molecule has 0 aliphatic rings. The molecule has 0 saturated heterocycles. The Morgan fingerprint density at radius 1 is 1.14 bits per heavy atom. The molecule has 0 bridgehead atoms. The zero-order valence-electron chi connectivity index (χ0n) is 15.4. The van der Waals surface area contributed by atoms with Crippen molar-refractivity contribution in [3.8, 4) is 5.75 Å². The maximum Gasteiger partial charge on any atom is 0.573 e. The molecule has 2 unspecified atom stereocenters. The van der Waals surface area contributed by atoms with Crippen molar-refractivity contribution < 1.29 is 47.6 Å². The van der Waals surface area contributed by atoms with Crippen LogP contribution in [0.5, 0.6) is 5.75 Å². The van der Waals surface area contributed by atoms with Gasteiger partial charge in [0.2, 0.25) is 0 Å². The molecule has 2 atom stereocenters. The largest absolute Gasteiger partial charge is 0.573 e. The number of aromatic carboxylic acids is 1. The van der Waals surface area contributed by atoms with Crippen LogP contribution in [0, 0.1) is 0 Å². The van der Waals surface area contributed by atoms with Crippen molar-refractivity contribution in [3.05, 3.63) is 29.3 Å². The highest BCUT2D eigenvalue weighted by Gasteiger charge is 2.32. The number of hydrogen-bond donors (Lipinski definition) is 4. The summed E-state index contributed by atoms with van der Waals surface area (Å²) in [6, 6.07) is 2.33. The maximum absolute atomic E-state index is 12.4. The van der Waals surface area contributed by atoms with Crippen molar-refractivity contribution in [2.24, 2.45) is 0 Å². The van der Waals surface area contributed by atoms with E-state index in [9.17, 15) is 33.0 Å². The van der Waals surface area contributed by atoms with Crippen LogP contribution in [0.3, 0.4) is 0 Å². The van der Waals surface area contributed by atoms with E-state index >= 15 is 0 Å². The lowest BCUT2D eigenvalue weighted by Crippen LogP contribution is -2.34. The number of carbonyl (C=O) groups is 2. The highest BCUT2D eigenvalue weighted by molar-refractivity contribution is 5.88. The SMILES string of the molecule is CC(C)(C)OC(=O)NCCC(O)C(O)c1cc(OC(F)(F)F)cc(C(=O)O)c1. The van der Waals surface area contributed by atoms with Crippen LogP contribution < -0.4 is 10.1 Å². The van der Waals surface area contributed by atoms with Gasteiger partial charge in [0.15, 0.2) is 0 Å². The van der Waals surface area contributed by atoms with Crippen LogP contribution in [-0.2, 0) is 4.74 Å². The number of rotatable bonds is 7. The number of carboxylic acids is 1. The Balaban J connectivity index is 2.82. The fourth-order valence-electron chi connectivity index (χ4n) is 2.13. The number of aliphatic hydroxyl groups excluding tert-OH is 2. The first-order valence-electron chi connectivity index (χ1n) is 8.15. The van der Waals surface area contributed by atoms with Crippen molar-refractivity contribution in [3.63, 3.8) is 0 Å². The summed E-state index contributed by atoms with van der Waals surface area (Å²) in [4.78, 5) is 22.6. The Morgan fingerprint density at radius 3 is 2.25 bits per heavy atom. The molecule has 4 N–H and O–H groups in total. The summed E-state index contributed by atoms with van der Waals surface area (Å²) in [6.45, 7) is 4.86. The lowest BCUT2D eigenvalue weighted by Gasteiger charge is -2.22. The third kappa shape index (κ3) is 8.44. The number of alkyl carbamates (subject to hydrolysis) is 1. The number of hydrogen-bond acceptors (Lipinski definition) is 6. The average molecular weight is 409 g/mol. The topological polar surface area (TPSA) is 125 Å². The molecule has 1 amide bonds. The smallest absolute Gasteiger partial charge is 0.478 e. The van der Waals surface area contributed by atoms with Gasteiger partial charge in [-0.1, -0.05) is 0 Å². The van der Waals surface area contributed by atoms with Gasteiger partial charge in [-0.2, -0.15) is 0 Å². The van der Waals surface area contributed by atoms with E-state index in [2.05, 4.69) is 10.1 Å². The summed E-state index contributed by atoms with van der Waals surface area (Å²) in [7, 11) is 0. The second-order valence-electron chi connectivity index (χ2n) is 6.87. The molecule has 0 aliphatic carbocycles. The highest BCUT2D eigenvalue weighted by atomic mass is 19.4. The van der Waals surface area contributed by atoms with Crippen LogP contribution in [0.1, 0.15) is 49.2 Å². The minimum absolute atomic E-state index is 0.0995. The van der Waals surface area contributed by atoms with Crippen LogP contribution in [0.4, 0.5) is 18.0 Å². The number of ether oxygens (including phenoxy) is 2. The van der Waals surface area contributed by atoms with E-state index in [0.29, 0.717) is 6.07 Å². The number of carboxylic acid groups (broad SMARTS) is 1. The van der Waals surface area contributed by atoms with Crippen LogP contribution in [0.15, 0.2) is 18.2 Å². The van der Waals surface area contributed by atoms with Gasteiger partial charge in [0.25, 0.3) is 0 Å². The van der Waals surface area contributed by atoms with Crippen molar-refractivity contribution >= 4 is 12.1 Å². The van der Waals surface area contributed by atoms with Gasteiger partial charge in [-0.3, -0.25) is 0 Å². The molecule has 0 fully saturated rings. The van der Waals surface area contributed by atoms with E-state index in [4.69, 9.17) is 9.84 Å². The molecule has 8 nitrogen and oxygen atoms in total. The molecule has 28 heavy (non-hydrogen) atoms. The standard InChI is InChI=1S/C17H22F3NO7/c1-16(2,3)28-15(26)21-5-4-12(22)13(23)9-6-10(14(24)25)8-11(7-9)27-17(18,19)20/h6-8,12-13,22-23H,4-5H2,1-3H3,(H,21,26)(H,24,25). The van der Waals surface area contributed by atoms with Crippen molar-refractivity contribution in [2.75, 3.05) is 6.54 Å². The minimum Gasteiger partial charge on any atom is -0.478 e. The molecule has 0 aliphatic heterocycles. The van der Waals surface area contributed by atoms with Crippen LogP contribution >= 0.6 is 0 Å². The van der Waals surface area contributed by atoms with E-state index in [0.717, 1.165) is 12.1 Å². The summed E-state index contributed by atoms with van der Waals surface area (Å²) in [5.41, 5.74) is -1.58. The number of amides is 1. The number of alkyl halides is 3. The van der Waals surface area contributed by atoms with Crippen molar-refractivity contribution in [2.45, 2.75) is 51.4 Å². The molecule has 158 valence electrons. The van der Waals surface area contributed by atoms with Crippen LogP contribution in [0.25, 0.3) is 0 Å². The van der Waals surface area contributed by atoms with E-state index in [1.807, 2.05) is 0 Å². The second-order valence-corrected chi connectivity index (χ2v) is 6.87. The fourth-order valence-corrected chi connectivity index (χ4v) is 2.13. The summed E-state index contributed by atoms with van der Waals surface area (Å²) in [6.07, 6.45) is -9.20. The first kappa shape index (κ1) is 23.5. The Bertz CT molecular complexity index is 701. The van der Waals surface area contributed by atoms with Crippen molar-refractivity contribution in [1.29, 1.82) is 0 Å². The monoisotopic (exact) mass is 409 g/mol. The zero-order valence-corrected chi connectivity index (χ0v) is 15.4. The normalized spacial score (nSPS) is 14.1. The molecule has 11 heteroatoms. The molecule has 1 aromatic carbocycles. The summed E-state index contributed by atoms with van der Waals surface area (Å²) < 4.78 is 45.9. The molecular weight excluding hydrogens is 387 g/mol. The lowest BCUT2D eigenvalue weighted by atomic mass is 9.99. The number of carbonyl (C=O) groups excluding carboxylic acids is 1. The summed E-state index contributed by atoms with van der Waals surface area (Å²) >= 11 is 0. The minimum atomic E-state index is -5.06. The molecule has 0 heterocycles. The average Bonchev–Trinajstić information content (AvgIpc) is 2.50. The quantitative estimate of drug-likeness (QED) is 0.545. The number of halogens is 3. The Labute approximate surface area is 158 Å². The van der Waals surface area contributed by atoms with Gasteiger partial charge in [-0.25, -0.2) is 9.59 Å². The first-order valence-corrected chi connectivity index (χ1v) is 8.15. The predicted octanol–water partition coefficient (Wildman–Crippen LogP) is 2.59. The van der Waals surface area contributed by atoms with Gasteiger partial charge < -0.3 is 30.1 Å². The fraction of sp³-hybridized carbons (Fsp3) is 0.529. The van der Waals surface area contributed by atoms with Crippen LogP contribution in [0.2, 0.25) is 0 Å². The van der Waals surface area contributed by atoms with Gasteiger partial charge in [0.05, 0.1) is 11.7 Å². The Hall–Kier alpha value is -2.53. The highest BCUT2D eigenvalue weighted by Crippen LogP contribution is 2.29. The molecular formula is C17H22F3NO7. The molecule has 0 aromatic heterocycles. The van der Waals surface area contributed by atoms with E-state index in [-0.39, 0.29) is 18.5 Å². The molecule has 0 radical (unpaired) electrons. The van der Waals surface area contributed by atoms with E-state index < -0.39 is 47.5 Å². The molecule has 0 spiro atoms. The van der Waals surface area contributed by atoms with Gasteiger partial charge in [-0.15, -0.1) is 13.2 Å². The number of nitrogens with one attached hydrogen (secondary N) is 1. The summed E-state index contributed by atoms with van der Waals surface area (Å²) in [5, 5.41) is 31.5. The van der Waals surface area contributed by atoms with Crippen molar-refractivity contribution in [1.82, 2.24) is 5.32 Å². The van der Waals surface area contributed by atoms with Gasteiger partial charge in [0.1, 0.15) is 17.5 Å². The maximum atomic E-state index is 12.4. The third-order valence-corrected chi connectivity index (χ3v) is 3.22. The van der Waals surface area contributed by atoms with Crippen LogP contribution in [-0.4, -0.2) is 52.0 Å². The molecule has 1 aromatic rings. The van der Waals surface area contributed by atoms with E-state index in [1.54, 1.807) is 20.8 Å². The second kappa shape index (κ2) is 9.11. The third-order valence-electron chi connectivity index (χ3n) is 3.22. The number of benzene rings is 1. The molecule has 1 rings (SSSR count). The predicted molar refractivity (Wildman–Crippen MR) is 89.9 cm³/mol. The van der Waals surface area contributed by atoms with Gasteiger partial charge in [-0.05, 0) is 51.0 Å². The summed E-state index contributed by atoms with van der Waals surface area (Å²) in [5.74, 6) is -2.39. The molecule has 0 saturated carbocycles. The number of aliphatic hydroxyl groups is 2. The van der Waals surface area contributed by atoms with Gasteiger partial charge >= 0.3 is 18.4 Å². The zero-order chi connectivity index (χ0) is 21.7. The first-order chi connectivity index (χ1) is 12.7. The van der Waals surface area contributed by atoms with Gasteiger partial charge in [0, 0.05) is 6.54 Å². The van der Waals surface area contributed by atoms with E-state index in [1.165, 1.54) is 0 Å². The Kier molecular flexibility index (Phi) is 7.65. The Morgan fingerprint density at radius 2 is 1.75 bits per heavy atom. The lowest BCUT2D eigenvalue weighted by molar-refractivity contribution is -0.274.